The Kier molecular flexibility index (Phi) is 7.98. The number of unbranched alkanes of at least 4 members (excludes halogenated alkanes) is 3. The van der Waals surface area contributed by atoms with Crippen molar-refractivity contribution >= 4 is 11.3 Å². The van der Waals surface area contributed by atoms with Crippen LogP contribution in [-0.2, 0) is 13.1 Å². The van der Waals surface area contributed by atoms with E-state index in [1.165, 1.54) is 29.7 Å². The number of nitrogens with one attached hydrogen (secondary N) is 1. The van der Waals surface area contributed by atoms with Crippen molar-refractivity contribution in [2.45, 2.75) is 45.7 Å². The van der Waals surface area contributed by atoms with Gasteiger partial charge >= 0.3 is 0 Å². The van der Waals surface area contributed by atoms with Crippen LogP contribution in [0, 0.1) is 0 Å². The molecule has 3 nitrogen and oxygen atoms in total. The summed E-state index contributed by atoms with van der Waals surface area (Å²) in [5.41, 5.74) is 1.21. The van der Waals surface area contributed by atoms with Gasteiger partial charge in [0.05, 0.1) is 13.7 Å². The van der Waals surface area contributed by atoms with Gasteiger partial charge in [-0.3, -0.25) is 0 Å². The van der Waals surface area contributed by atoms with Gasteiger partial charge in [0.2, 0.25) is 0 Å². The summed E-state index contributed by atoms with van der Waals surface area (Å²) in [5.74, 6) is 1.65. The number of hydrogen-bond donors (Lipinski definition) is 1. The molecule has 0 radical (unpaired) electrons. The molecule has 0 unspecified atom stereocenters. The number of hydrogen-bond acceptors (Lipinski definition) is 4. The van der Waals surface area contributed by atoms with Gasteiger partial charge in [-0.15, -0.1) is 11.3 Å². The number of benzene rings is 1. The molecule has 126 valence electrons. The van der Waals surface area contributed by atoms with E-state index in [2.05, 4.69) is 41.9 Å². The Morgan fingerprint density at radius 2 is 1.96 bits per heavy atom. The van der Waals surface area contributed by atoms with Crippen molar-refractivity contribution in [2.24, 2.45) is 0 Å². The summed E-state index contributed by atoms with van der Waals surface area (Å²) in [4.78, 5) is 1.35. The third-order valence-electron chi connectivity index (χ3n) is 3.69. The average molecular weight is 333 g/mol. The highest BCUT2D eigenvalue weighted by atomic mass is 32.1. The minimum absolute atomic E-state index is 0.756. The molecule has 23 heavy (non-hydrogen) atoms. The molecule has 2 aromatic rings. The lowest BCUT2D eigenvalue weighted by atomic mass is 10.2. The van der Waals surface area contributed by atoms with Crippen LogP contribution in [0.25, 0.3) is 0 Å². The van der Waals surface area contributed by atoms with Gasteiger partial charge in [0.1, 0.15) is 0 Å². The van der Waals surface area contributed by atoms with Gasteiger partial charge in [0.15, 0.2) is 11.5 Å². The van der Waals surface area contributed by atoms with Crippen molar-refractivity contribution in [3.05, 3.63) is 46.2 Å². The lowest BCUT2D eigenvalue weighted by molar-refractivity contribution is 0.285. The first-order valence-corrected chi connectivity index (χ1v) is 9.24. The van der Waals surface area contributed by atoms with Crippen molar-refractivity contribution in [3.63, 3.8) is 0 Å². The van der Waals surface area contributed by atoms with E-state index < -0.39 is 0 Å². The molecule has 0 aliphatic heterocycles. The Labute approximate surface area is 143 Å². The van der Waals surface area contributed by atoms with Crippen LogP contribution < -0.4 is 14.8 Å². The molecule has 1 aromatic carbocycles. The van der Waals surface area contributed by atoms with Crippen LogP contribution >= 0.6 is 11.3 Å². The van der Waals surface area contributed by atoms with Crippen LogP contribution in [0.3, 0.4) is 0 Å². The number of thiophene rings is 1. The standard InChI is InChI=1S/C19H27NO2S/c1-3-4-5-6-11-22-18-10-9-16(13-19(18)21-2)14-20-15-17-8-7-12-23-17/h7-10,12-13,20H,3-6,11,14-15H2,1-2H3. The molecular formula is C19H27NO2S. The highest BCUT2D eigenvalue weighted by molar-refractivity contribution is 7.09. The fourth-order valence-corrected chi connectivity index (χ4v) is 3.07. The second kappa shape index (κ2) is 10.3. The minimum atomic E-state index is 0.756. The Morgan fingerprint density at radius 1 is 1.04 bits per heavy atom. The summed E-state index contributed by atoms with van der Waals surface area (Å²) in [6.45, 7) is 4.70. The summed E-state index contributed by atoms with van der Waals surface area (Å²) in [6, 6.07) is 10.4. The monoisotopic (exact) mass is 333 g/mol. The van der Waals surface area contributed by atoms with Crippen molar-refractivity contribution in [2.75, 3.05) is 13.7 Å². The van der Waals surface area contributed by atoms with E-state index in [0.717, 1.165) is 37.6 Å². The third kappa shape index (κ3) is 6.24. The molecule has 0 spiro atoms. The van der Waals surface area contributed by atoms with Crippen LogP contribution in [0.2, 0.25) is 0 Å². The quantitative estimate of drug-likeness (QED) is 0.587. The Hall–Kier alpha value is -1.52. The van der Waals surface area contributed by atoms with E-state index in [1.807, 2.05) is 6.07 Å². The van der Waals surface area contributed by atoms with Gasteiger partial charge in [-0.1, -0.05) is 38.3 Å². The molecule has 1 aromatic heterocycles. The zero-order chi connectivity index (χ0) is 16.3. The van der Waals surface area contributed by atoms with Crippen molar-refractivity contribution in [3.8, 4) is 11.5 Å². The molecule has 4 heteroatoms. The second-order valence-corrected chi connectivity index (χ2v) is 6.61. The third-order valence-corrected chi connectivity index (χ3v) is 4.57. The molecular weight excluding hydrogens is 306 g/mol. The van der Waals surface area contributed by atoms with E-state index in [0.29, 0.717) is 0 Å². The average Bonchev–Trinajstić information content (AvgIpc) is 3.09. The van der Waals surface area contributed by atoms with Crippen LogP contribution in [0.4, 0.5) is 0 Å². The number of methoxy groups -OCH3 is 1. The van der Waals surface area contributed by atoms with E-state index in [1.54, 1.807) is 18.4 Å². The zero-order valence-electron chi connectivity index (χ0n) is 14.1. The predicted octanol–water partition coefficient (Wildman–Crippen LogP) is 5.01. The first-order chi connectivity index (χ1) is 11.3. The van der Waals surface area contributed by atoms with Gasteiger partial charge in [0, 0.05) is 18.0 Å². The van der Waals surface area contributed by atoms with E-state index >= 15 is 0 Å². The molecule has 0 bridgehead atoms. The minimum Gasteiger partial charge on any atom is -0.493 e. The lowest BCUT2D eigenvalue weighted by Crippen LogP contribution is -2.11. The van der Waals surface area contributed by atoms with Gasteiger partial charge in [-0.05, 0) is 35.6 Å². The van der Waals surface area contributed by atoms with Crippen molar-refractivity contribution in [1.82, 2.24) is 5.32 Å². The Balaban J connectivity index is 1.80. The predicted molar refractivity (Wildman–Crippen MR) is 97.5 cm³/mol. The summed E-state index contributed by atoms with van der Waals surface area (Å²) >= 11 is 1.78. The maximum absolute atomic E-state index is 5.85. The molecule has 1 N–H and O–H groups in total. The number of rotatable bonds is 11. The van der Waals surface area contributed by atoms with Gasteiger partial charge < -0.3 is 14.8 Å². The first-order valence-electron chi connectivity index (χ1n) is 8.36. The topological polar surface area (TPSA) is 30.5 Å². The lowest BCUT2D eigenvalue weighted by Gasteiger charge is -2.12. The van der Waals surface area contributed by atoms with Gasteiger partial charge in [0.25, 0.3) is 0 Å². The molecule has 0 aliphatic rings. The van der Waals surface area contributed by atoms with Crippen LogP contribution in [0.1, 0.15) is 43.0 Å². The van der Waals surface area contributed by atoms with E-state index in [9.17, 15) is 0 Å². The molecule has 2 rings (SSSR count). The maximum Gasteiger partial charge on any atom is 0.161 e. The molecule has 0 saturated carbocycles. The van der Waals surface area contributed by atoms with Gasteiger partial charge in [-0.2, -0.15) is 0 Å². The molecule has 0 amide bonds. The van der Waals surface area contributed by atoms with Gasteiger partial charge in [-0.25, -0.2) is 0 Å². The van der Waals surface area contributed by atoms with Crippen molar-refractivity contribution in [1.29, 1.82) is 0 Å². The number of ether oxygens (including phenoxy) is 2. The van der Waals surface area contributed by atoms with Crippen LogP contribution in [-0.4, -0.2) is 13.7 Å². The molecule has 0 saturated heterocycles. The second-order valence-electron chi connectivity index (χ2n) is 5.58. The molecule has 1 heterocycles. The van der Waals surface area contributed by atoms with Crippen LogP contribution in [0.5, 0.6) is 11.5 Å². The van der Waals surface area contributed by atoms with Crippen molar-refractivity contribution < 1.29 is 9.47 Å². The van der Waals surface area contributed by atoms with E-state index in [4.69, 9.17) is 9.47 Å². The largest absolute Gasteiger partial charge is 0.493 e. The summed E-state index contributed by atoms with van der Waals surface area (Å²) in [5, 5.41) is 5.56. The molecule has 0 atom stereocenters. The summed E-state index contributed by atoms with van der Waals surface area (Å²) in [6.07, 6.45) is 4.84. The highest BCUT2D eigenvalue weighted by Gasteiger charge is 2.06. The summed E-state index contributed by atoms with van der Waals surface area (Å²) in [7, 11) is 1.70. The normalized spacial score (nSPS) is 10.7. The molecule has 0 fully saturated rings. The van der Waals surface area contributed by atoms with E-state index in [-0.39, 0.29) is 0 Å². The fourth-order valence-electron chi connectivity index (χ4n) is 2.40. The smallest absolute Gasteiger partial charge is 0.161 e. The fraction of sp³-hybridized carbons (Fsp3) is 0.474. The van der Waals surface area contributed by atoms with Crippen LogP contribution in [0.15, 0.2) is 35.7 Å². The maximum atomic E-state index is 5.85. The highest BCUT2D eigenvalue weighted by Crippen LogP contribution is 2.28. The Morgan fingerprint density at radius 3 is 2.70 bits per heavy atom. The first kappa shape index (κ1) is 17.8. The molecule has 0 aliphatic carbocycles. The zero-order valence-corrected chi connectivity index (χ0v) is 15.0. The summed E-state index contributed by atoms with van der Waals surface area (Å²) < 4.78 is 11.3. The SMILES string of the molecule is CCCCCCOc1ccc(CNCc2cccs2)cc1OC. The Bertz CT molecular complexity index is 555.